The van der Waals surface area contributed by atoms with Gasteiger partial charge in [-0.3, -0.25) is 9.79 Å². The normalized spacial score (nSPS) is 12.1. The van der Waals surface area contributed by atoms with Gasteiger partial charge in [0.15, 0.2) is 0 Å². The number of hydrogen-bond donors (Lipinski definition) is 1. The van der Waals surface area contributed by atoms with E-state index in [-0.39, 0.29) is 6.42 Å². The van der Waals surface area contributed by atoms with E-state index in [2.05, 4.69) is 4.99 Å². The van der Waals surface area contributed by atoms with Crippen molar-refractivity contribution in [3.05, 3.63) is 64.7 Å². The summed E-state index contributed by atoms with van der Waals surface area (Å²) in [6.45, 7) is 4.75. The van der Waals surface area contributed by atoms with Gasteiger partial charge in [-0.1, -0.05) is 25.1 Å². The number of rotatable bonds is 10. The van der Waals surface area contributed by atoms with Gasteiger partial charge < -0.3 is 9.84 Å². The van der Waals surface area contributed by atoms with E-state index in [1.165, 1.54) is 12.1 Å². The first-order chi connectivity index (χ1) is 14.2. The number of carboxylic acid groups (broad SMARTS) is 1. The molecule has 0 atom stereocenters. The molecule has 30 heavy (non-hydrogen) atoms. The van der Waals surface area contributed by atoms with Gasteiger partial charge in [0.1, 0.15) is 5.75 Å². The third-order valence-corrected chi connectivity index (χ3v) is 4.72. The molecule has 4 nitrogen and oxygen atoms in total. The number of aryl methyl sites for hydroxylation is 2. The molecular formula is C23H26F3NO3. The average Bonchev–Trinajstić information content (AvgIpc) is 2.71. The Morgan fingerprint density at radius 1 is 1.10 bits per heavy atom. The van der Waals surface area contributed by atoms with Gasteiger partial charge in [-0.15, -0.1) is 0 Å². The van der Waals surface area contributed by atoms with Gasteiger partial charge in [0.2, 0.25) is 0 Å². The molecule has 1 N–H and O–H groups in total. The number of alkyl halides is 3. The Kier molecular flexibility index (Phi) is 8.45. The topological polar surface area (TPSA) is 58.9 Å². The zero-order valence-corrected chi connectivity index (χ0v) is 17.1. The highest BCUT2D eigenvalue weighted by molar-refractivity contribution is 5.98. The highest BCUT2D eigenvalue weighted by Gasteiger charge is 2.29. The summed E-state index contributed by atoms with van der Waals surface area (Å²) in [7, 11) is 0. The van der Waals surface area contributed by atoms with Gasteiger partial charge in [0.25, 0.3) is 0 Å². The van der Waals surface area contributed by atoms with Crippen molar-refractivity contribution in [2.45, 2.75) is 45.7 Å². The fraction of sp³-hybridized carbons (Fsp3) is 0.391. The number of nitrogens with zero attached hydrogens (tertiary/aromatic N) is 1. The van der Waals surface area contributed by atoms with Gasteiger partial charge in [-0.2, -0.15) is 13.2 Å². The van der Waals surface area contributed by atoms with Gasteiger partial charge in [0.05, 0.1) is 12.2 Å². The zero-order chi connectivity index (χ0) is 22.1. The summed E-state index contributed by atoms with van der Waals surface area (Å²) in [5.74, 6) is -0.0844. The molecule has 2 aromatic carbocycles. The maximum atomic E-state index is 12.6. The largest absolute Gasteiger partial charge is 0.494 e. The highest BCUT2D eigenvalue weighted by Crippen LogP contribution is 2.29. The van der Waals surface area contributed by atoms with Gasteiger partial charge in [0, 0.05) is 25.1 Å². The molecule has 0 aliphatic carbocycles. The maximum Gasteiger partial charge on any atom is 0.416 e. The van der Waals surface area contributed by atoms with Crippen LogP contribution in [0.25, 0.3) is 0 Å². The molecule has 0 fully saturated rings. The van der Waals surface area contributed by atoms with Crippen molar-refractivity contribution >= 4 is 11.7 Å². The van der Waals surface area contributed by atoms with E-state index < -0.39 is 17.7 Å². The van der Waals surface area contributed by atoms with Crippen LogP contribution in [0.15, 0.2) is 47.5 Å². The molecule has 0 spiro atoms. The number of hydrogen-bond acceptors (Lipinski definition) is 3. The van der Waals surface area contributed by atoms with Gasteiger partial charge in [-0.25, -0.2) is 0 Å². The number of carboxylic acids is 1. The average molecular weight is 421 g/mol. The molecular weight excluding hydrogens is 395 g/mol. The van der Waals surface area contributed by atoms with Crippen molar-refractivity contribution in [2.75, 3.05) is 13.2 Å². The number of halogens is 3. The van der Waals surface area contributed by atoms with Crippen LogP contribution in [0.5, 0.6) is 5.75 Å². The molecule has 0 radical (unpaired) electrons. The first-order valence-electron chi connectivity index (χ1n) is 9.85. The molecule has 7 heteroatoms. The van der Waals surface area contributed by atoms with E-state index in [1.807, 2.05) is 25.1 Å². The van der Waals surface area contributed by atoms with Crippen LogP contribution in [0.3, 0.4) is 0 Å². The third-order valence-electron chi connectivity index (χ3n) is 4.72. The van der Waals surface area contributed by atoms with Crippen molar-refractivity contribution < 1.29 is 27.8 Å². The summed E-state index contributed by atoms with van der Waals surface area (Å²) >= 11 is 0. The highest BCUT2D eigenvalue weighted by atomic mass is 19.4. The predicted octanol–water partition coefficient (Wildman–Crippen LogP) is 5.56. The van der Waals surface area contributed by atoms with Crippen molar-refractivity contribution in [2.24, 2.45) is 4.99 Å². The Labute approximate surface area is 174 Å². The lowest BCUT2D eigenvalue weighted by atomic mass is 10.0. The summed E-state index contributed by atoms with van der Waals surface area (Å²) in [5.41, 5.74) is 2.76. The molecule has 0 aromatic heterocycles. The fourth-order valence-corrected chi connectivity index (χ4v) is 3.00. The number of ether oxygens (including phenoxy) is 1. The lowest BCUT2D eigenvalue weighted by molar-refractivity contribution is -0.138. The molecule has 162 valence electrons. The third kappa shape index (κ3) is 7.21. The molecule has 0 aliphatic heterocycles. The maximum absolute atomic E-state index is 12.6. The van der Waals surface area contributed by atoms with Crippen molar-refractivity contribution in [1.29, 1.82) is 0 Å². The first kappa shape index (κ1) is 23.4. The summed E-state index contributed by atoms with van der Waals surface area (Å²) in [6.07, 6.45) is -2.28. The molecule has 0 saturated carbocycles. The van der Waals surface area contributed by atoms with Crippen molar-refractivity contribution in [3.8, 4) is 5.75 Å². The van der Waals surface area contributed by atoms with Crippen LogP contribution in [0.1, 0.15) is 48.9 Å². The summed E-state index contributed by atoms with van der Waals surface area (Å²) in [5, 5.41) is 8.84. The molecule has 0 heterocycles. The standard InChI is InChI=1S/C23H26F3NO3/c1-3-17-15-21(11-7-19(17)8-12-22(28)29)30-14-4-13-27-16(2)18-5-9-20(10-6-18)23(24,25)26/h5-7,9-11,15H,3-4,8,12-14H2,1-2H3,(H,28,29). The summed E-state index contributed by atoms with van der Waals surface area (Å²) in [6, 6.07) is 10.7. The minimum absolute atomic E-state index is 0.101. The SMILES string of the molecule is CCc1cc(OCCCN=C(C)c2ccc(C(F)(F)F)cc2)ccc1CCC(=O)O. The molecule has 0 bridgehead atoms. The lowest BCUT2D eigenvalue weighted by Gasteiger charge is -2.11. The van der Waals surface area contributed by atoms with Crippen molar-refractivity contribution in [1.82, 2.24) is 0 Å². The number of aliphatic imine (C=N–C) groups is 1. The second-order valence-corrected chi connectivity index (χ2v) is 6.92. The molecule has 0 amide bonds. The molecule has 0 unspecified atom stereocenters. The van der Waals surface area contributed by atoms with E-state index >= 15 is 0 Å². The van der Waals surface area contributed by atoms with E-state index in [0.29, 0.717) is 37.3 Å². The Morgan fingerprint density at radius 3 is 2.40 bits per heavy atom. The molecule has 0 aliphatic rings. The number of benzene rings is 2. The fourth-order valence-electron chi connectivity index (χ4n) is 3.00. The van der Waals surface area contributed by atoms with Gasteiger partial charge >= 0.3 is 12.1 Å². The second-order valence-electron chi connectivity index (χ2n) is 6.92. The Hall–Kier alpha value is -2.83. The minimum Gasteiger partial charge on any atom is -0.494 e. The van der Waals surface area contributed by atoms with Crippen LogP contribution in [0.2, 0.25) is 0 Å². The Balaban J connectivity index is 1.83. The summed E-state index contributed by atoms with van der Waals surface area (Å²) in [4.78, 5) is 15.2. The van der Waals surface area contributed by atoms with Gasteiger partial charge in [-0.05, 0) is 60.7 Å². The first-order valence-corrected chi connectivity index (χ1v) is 9.85. The molecule has 2 rings (SSSR count). The Morgan fingerprint density at radius 2 is 1.80 bits per heavy atom. The van der Waals surface area contributed by atoms with E-state index in [0.717, 1.165) is 35.4 Å². The van der Waals surface area contributed by atoms with E-state index in [9.17, 15) is 18.0 Å². The van der Waals surface area contributed by atoms with Crippen LogP contribution in [-0.2, 0) is 23.8 Å². The van der Waals surface area contributed by atoms with E-state index in [1.54, 1.807) is 6.92 Å². The van der Waals surface area contributed by atoms with Crippen LogP contribution >= 0.6 is 0 Å². The zero-order valence-electron chi connectivity index (χ0n) is 17.1. The van der Waals surface area contributed by atoms with Crippen LogP contribution < -0.4 is 4.74 Å². The second kappa shape index (κ2) is 10.8. The van der Waals surface area contributed by atoms with Crippen LogP contribution in [0.4, 0.5) is 13.2 Å². The predicted molar refractivity (Wildman–Crippen MR) is 110 cm³/mol. The quantitative estimate of drug-likeness (QED) is 0.403. The minimum atomic E-state index is -4.34. The Bertz CT molecular complexity index is 874. The number of carbonyl (C=O) groups is 1. The number of aliphatic carboxylic acids is 1. The smallest absolute Gasteiger partial charge is 0.416 e. The van der Waals surface area contributed by atoms with Crippen LogP contribution in [0, 0.1) is 0 Å². The lowest BCUT2D eigenvalue weighted by Crippen LogP contribution is -2.06. The van der Waals surface area contributed by atoms with E-state index in [4.69, 9.17) is 9.84 Å². The molecule has 0 saturated heterocycles. The molecule has 2 aromatic rings. The monoisotopic (exact) mass is 421 g/mol. The van der Waals surface area contributed by atoms with Crippen molar-refractivity contribution in [3.63, 3.8) is 0 Å². The summed E-state index contributed by atoms with van der Waals surface area (Å²) < 4.78 is 43.6. The van der Waals surface area contributed by atoms with Crippen LogP contribution in [-0.4, -0.2) is 29.9 Å².